The van der Waals surface area contributed by atoms with E-state index in [1.807, 2.05) is 12.1 Å². The summed E-state index contributed by atoms with van der Waals surface area (Å²) in [7, 11) is 0. The third-order valence-corrected chi connectivity index (χ3v) is 5.83. The van der Waals surface area contributed by atoms with Crippen LogP contribution < -0.4 is 4.90 Å². The summed E-state index contributed by atoms with van der Waals surface area (Å²) in [6.45, 7) is 9.95. The van der Waals surface area contributed by atoms with Gasteiger partial charge in [0.05, 0.1) is 0 Å². The molecule has 0 bridgehead atoms. The van der Waals surface area contributed by atoms with Crippen LogP contribution in [0.4, 0.5) is 10.1 Å². The van der Waals surface area contributed by atoms with Crippen molar-refractivity contribution in [2.45, 2.75) is 19.4 Å². The number of pyridine rings is 1. The quantitative estimate of drug-likeness (QED) is 0.836. The predicted molar refractivity (Wildman–Crippen MR) is 101 cm³/mol. The number of nitrogens with zero attached hydrogens (tertiary/aromatic N) is 4. The highest BCUT2D eigenvalue weighted by atomic mass is 35.5. The average Bonchev–Trinajstić information content (AvgIpc) is 3.11. The molecule has 1 aromatic carbocycles. The lowest BCUT2D eigenvalue weighted by Gasteiger charge is -2.37. The third-order valence-electron chi connectivity index (χ3n) is 5.61. The second-order valence-corrected chi connectivity index (χ2v) is 7.41. The molecule has 4 rings (SSSR count). The first kappa shape index (κ1) is 17.0. The first-order valence-electron chi connectivity index (χ1n) is 9.11. The van der Waals surface area contributed by atoms with Gasteiger partial charge in [0.25, 0.3) is 0 Å². The number of hydrogen-bond acceptors (Lipinski definition) is 4. The lowest BCUT2D eigenvalue weighted by atomic mass is 10.1. The summed E-state index contributed by atoms with van der Waals surface area (Å²) in [6.07, 6.45) is 2.85. The number of hydrogen-bond donors (Lipinski definition) is 0. The molecule has 134 valence electrons. The molecule has 4 nitrogen and oxygen atoms in total. The molecule has 2 aromatic rings. The van der Waals surface area contributed by atoms with Gasteiger partial charge in [-0.1, -0.05) is 18.5 Å². The summed E-state index contributed by atoms with van der Waals surface area (Å²) in [5, 5.41) is 1.23. The lowest BCUT2D eigenvalue weighted by molar-refractivity contribution is 0.107. The molecule has 2 saturated heterocycles. The fourth-order valence-corrected chi connectivity index (χ4v) is 4.35. The van der Waals surface area contributed by atoms with E-state index in [0.717, 1.165) is 63.3 Å². The van der Waals surface area contributed by atoms with Crippen molar-refractivity contribution < 1.29 is 4.39 Å². The summed E-state index contributed by atoms with van der Waals surface area (Å²) in [5.74, 6) is -0.351. The standard InChI is InChI=1S/C19H24ClFN4/c1-2-23-7-9-24(10-8-23)15-4-6-25(13-15)18-3-5-22-19-16(18)11-14(20)12-17(19)21/h3,5,11-12,15H,2,4,6-10,13H2,1H3/t15-/m0/s1. The van der Waals surface area contributed by atoms with Gasteiger partial charge in [0.1, 0.15) is 5.52 Å². The van der Waals surface area contributed by atoms with Crippen molar-refractivity contribution in [3.8, 4) is 0 Å². The normalized spacial score (nSPS) is 22.8. The van der Waals surface area contributed by atoms with Gasteiger partial charge in [-0.25, -0.2) is 4.39 Å². The lowest BCUT2D eigenvalue weighted by Crippen LogP contribution is -2.50. The maximum absolute atomic E-state index is 14.2. The topological polar surface area (TPSA) is 22.6 Å². The molecule has 25 heavy (non-hydrogen) atoms. The van der Waals surface area contributed by atoms with Gasteiger partial charge in [0.2, 0.25) is 0 Å². The zero-order chi connectivity index (χ0) is 17.4. The van der Waals surface area contributed by atoms with Gasteiger partial charge in [-0.05, 0) is 31.2 Å². The Labute approximate surface area is 153 Å². The second-order valence-electron chi connectivity index (χ2n) is 6.97. The van der Waals surface area contributed by atoms with Gasteiger partial charge >= 0.3 is 0 Å². The number of piperazine rings is 1. The van der Waals surface area contributed by atoms with Crippen LogP contribution in [-0.4, -0.2) is 66.6 Å². The molecule has 3 heterocycles. The van der Waals surface area contributed by atoms with Crippen LogP contribution in [0.5, 0.6) is 0 Å². The van der Waals surface area contributed by atoms with E-state index in [4.69, 9.17) is 11.6 Å². The Morgan fingerprint density at radius 3 is 2.76 bits per heavy atom. The molecule has 0 amide bonds. The van der Waals surface area contributed by atoms with Gasteiger partial charge in [0.15, 0.2) is 5.82 Å². The van der Waals surface area contributed by atoms with Gasteiger partial charge in [-0.15, -0.1) is 0 Å². The Bertz CT molecular complexity index is 760. The molecule has 0 aliphatic carbocycles. The van der Waals surface area contributed by atoms with Crippen molar-refractivity contribution in [2.24, 2.45) is 0 Å². The Hall–Kier alpha value is -1.43. The largest absolute Gasteiger partial charge is 0.369 e. The molecule has 1 aromatic heterocycles. The highest BCUT2D eigenvalue weighted by Gasteiger charge is 2.30. The third kappa shape index (κ3) is 3.33. The molecule has 0 radical (unpaired) electrons. The van der Waals surface area contributed by atoms with E-state index in [1.165, 1.54) is 6.07 Å². The molecule has 0 unspecified atom stereocenters. The minimum absolute atomic E-state index is 0.351. The van der Waals surface area contributed by atoms with Gasteiger partial charge in [-0.3, -0.25) is 9.88 Å². The van der Waals surface area contributed by atoms with Crippen molar-refractivity contribution in [1.82, 2.24) is 14.8 Å². The molecule has 0 N–H and O–H groups in total. The molecule has 2 aliphatic heterocycles. The minimum atomic E-state index is -0.351. The summed E-state index contributed by atoms with van der Waals surface area (Å²) in [6, 6.07) is 5.72. The van der Waals surface area contributed by atoms with Crippen molar-refractivity contribution in [3.63, 3.8) is 0 Å². The molecule has 2 fully saturated rings. The SMILES string of the molecule is CCN1CCN([C@H]2CCN(c3ccnc4c(F)cc(Cl)cc34)C2)CC1. The first-order valence-corrected chi connectivity index (χ1v) is 9.48. The summed E-state index contributed by atoms with van der Waals surface area (Å²) >= 11 is 6.08. The Morgan fingerprint density at radius 2 is 2.00 bits per heavy atom. The van der Waals surface area contributed by atoms with Crippen molar-refractivity contribution in [1.29, 1.82) is 0 Å². The van der Waals surface area contributed by atoms with E-state index in [0.29, 0.717) is 16.6 Å². The van der Waals surface area contributed by atoms with Crippen molar-refractivity contribution >= 4 is 28.2 Å². The number of halogens is 2. The van der Waals surface area contributed by atoms with E-state index >= 15 is 0 Å². The molecular weight excluding hydrogens is 339 g/mol. The van der Waals surface area contributed by atoms with Crippen LogP contribution in [0.15, 0.2) is 24.4 Å². The fraction of sp³-hybridized carbons (Fsp3) is 0.526. The summed E-state index contributed by atoms with van der Waals surface area (Å²) in [4.78, 5) is 11.7. The molecule has 0 spiro atoms. The number of anilines is 1. The van der Waals surface area contributed by atoms with Crippen LogP contribution in [0.25, 0.3) is 10.9 Å². The zero-order valence-electron chi connectivity index (χ0n) is 14.6. The molecule has 1 atom stereocenters. The summed E-state index contributed by atoms with van der Waals surface area (Å²) in [5.41, 5.74) is 1.45. The highest BCUT2D eigenvalue weighted by molar-refractivity contribution is 6.31. The Kier molecular flexibility index (Phi) is 4.80. The van der Waals surface area contributed by atoms with Crippen LogP contribution in [0.2, 0.25) is 5.02 Å². The Morgan fingerprint density at radius 1 is 1.20 bits per heavy atom. The van der Waals surface area contributed by atoms with Crippen molar-refractivity contribution in [3.05, 3.63) is 35.2 Å². The van der Waals surface area contributed by atoms with Crippen LogP contribution in [0, 0.1) is 5.82 Å². The van der Waals surface area contributed by atoms with Crippen molar-refractivity contribution in [2.75, 3.05) is 50.7 Å². The van der Waals surface area contributed by atoms with Crippen LogP contribution in [0.1, 0.15) is 13.3 Å². The van der Waals surface area contributed by atoms with E-state index < -0.39 is 0 Å². The predicted octanol–water partition coefficient (Wildman–Crippen LogP) is 3.24. The zero-order valence-corrected chi connectivity index (χ0v) is 15.3. The van der Waals surface area contributed by atoms with E-state index in [1.54, 1.807) is 6.20 Å². The minimum Gasteiger partial charge on any atom is -0.369 e. The van der Waals surface area contributed by atoms with Crippen LogP contribution in [-0.2, 0) is 0 Å². The molecular formula is C19H24ClFN4. The molecule has 2 aliphatic rings. The molecule has 6 heteroatoms. The first-order chi connectivity index (χ1) is 12.2. The van der Waals surface area contributed by atoms with E-state index in [2.05, 4.69) is 26.6 Å². The van der Waals surface area contributed by atoms with Crippen LogP contribution in [0.3, 0.4) is 0 Å². The fourth-order valence-electron chi connectivity index (χ4n) is 4.14. The number of fused-ring (bicyclic) bond motifs is 1. The molecule has 0 saturated carbocycles. The van der Waals surface area contributed by atoms with Gasteiger partial charge in [0, 0.05) is 67.6 Å². The highest BCUT2D eigenvalue weighted by Crippen LogP contribution is 2.32. The number of rotatable bonds is 3. The maximum atomic E-state index is 14.2. The maximum Gasteiger partial charge on any atom is 0.150 e. The number of likely N-dealkylation sites (N-methyl/N-ethyl adjacent to an activating group) is 1. The van der Waals surface area contributed by atoms with E-state index in [-0.39, 0.29) is 5.82 Å². The number of aromatic nitrogens is 1. The smallest absolute Gasteiger partial charge is 0.150 e. The monoisotopic (exact) mass is 362 g/mol. The van der Waals surface area contributed by atoms with Crippen LogP contribution >= 0.6 is 11.6 Å². The van der Waals surface area contributed by atoms with Gasteiger partial charge in [-0.2, -0.15) is 0 Å². The van der Waals surface area contributed by atoms with Gasteiger partial charge < -0.3 is 9.80 Å². The average molecular weight is 363 g/mol. The number of benzene rings is 1. The summed E-state index contributed by atoms with van der Waals surface area (Å²) < 4.78 is 14.2. The van der Waals surface area contributed by atoms with E-state index in [9.17, 15) is 4.39 Å². The Balaban J connectivity index is 1.53. The second kappa shape index (κ2) is 7.06.